The third-order valence-corrected chi connectivity index (χ3v) is 4.02. The summed E-state index contributed by atoms with van der Waals surface area (Å²) < 4.78 is 19.3. The molecule has 1 saturated heterocycles. The molecule has 0 aliphatic carbocycles. The summed E-state index contributed by atoms with van der Waals surface area (Å²) in [6.45, 7) is 9.71. The number of piperazine rings is 1. The molecule has 0 aromatic carbocycles. The van der Waals surface area contributed by atoms with Crippen LogP contribution in [0.25, 0.3) is 0 Å². The molecule has 2 heterocycles. The molecule has 8 heteroatoms. The first-order chi connectivity index (χ1) is 11.1. The number of halogens is 2. The molecule has 1 aromatic heterocycles. The van der Waals surface area contributed by atoms with E-state index in [9.17, 15) is 9.18 Å². The highest BCUT2D eigenvalue weighted by Crippen LogP contribution is 2.30. The van der Waals surface area contributed by atoms with Crippen molar-refractivity contribution in [2.75, 3.05) is 36.9 Å². The maximum Gasteiger partial charge on any atom is 0.412 e. The van der Waals surface area contributed by atoms with Crippen molar-refractivity contribution in [3.8, 4) is 0 Å². The van der Waals surface area contributed by atoms with Gasteiger partial charge in [-0.1, -0.05) is 11.6 Å². The van der Waals surface area contributed by atoms with Gasteiger partial charge >= 0.3 is 6.09 Å². The van der Waals surface area contributed by atoms with Gasteiger partial charge in [-0.25, -0.2) is 9.78 Å². The molecule has 0 bridgehead atoms. The zero-order valence-corrected chi connectivity index (χ0v) is 15.4. The van der Waals surface area contributed by atoms with Crippen LogP contribution in [0.5, 0.6) is 0 Å². The first-order valence-corrected chi connectivity index (χ1v) is 8.26. The van der Waals surface area contributed by atoms with Gasteiger partial charge in [-0.15, -0.1) is 0 Å². The largest absolute Gasteiger partial charge is 0.444 e. The number of carbonyl (C=O) groups excluding carboxylic acids is 1. The highest BCUT2D eigenvalue weighted by Gasteiger charge is 2.25. The fourth-order valence-electron chi connectivity index (χ4n) is 2.62. The first-order valence-electron chi connectivity index (χ1n) is 7.88. The van der Waals surface area contributed by atoms with Gasteiger partial charge in [0, 0.05) is 31.7 Å². The van der Waals surface area contributed by atoms with Crippen LogP contribution in [0, 0.1) is 5.95 Å². The molecule has 2 rings (SSSR count). The second-order valence-corrected chi connectivity index (χ2v) is 7.44. The lowest BCUT2D eigenvalue weighted by Gasteiger charge is -2.39. The van der Waals surface area contributed by atoms with Crippen molar-refractivity contribution in [1.29, 1.82) is 0 Å². The van der Waals surface area contributed by atoms with Crippen molar-refractivity contribution in [3.63, 3.8) is 0 Å². The lowest BCUT2D eigenvalue weighted by Crippen LogP contribution is -2.50. The lowest BCUT2D eigenvalue weighted by molar-refractivity contribution is 0.0636. The van der Waals surface area contributed by atoms with E-state index in [1.807, 2.05) is 18.9 Å². The minimum atomic E-state index is -0.814. The third-order valence-electron chi connectivity index (χ3n) is 3.66. The van der Waals surface area contributed by atoms with Crippen LogP contribution in [0.15, 0.2) is 6.07 Å². The Morgan fingerprint density at radius 1 is 1.46 bits per heavy atom. The second-order valence-electron chi connectivity index (χ2n) is 7.06. The highest BCUT2D eigenvalue weighted by molar-refractivity contribution is 6.33. The van der Waals surface area contributed by atoms with Gasteiger partial charge in [0.2, 0.25) is 5.95 Å². The predicted molar refractivity (Wildman–Crippen MR) is 93.4 cm³/mol. The van der Waals surface area contributed by atoms with Crippen molar-refractivity contribution in [2.45, 2.75) is 39.3 Å². The van der Waals surface area contributed by atoms with Crippen LogP contribution >= 0.6 is 11.6 Å². The zero-order valence-electron chi connectivity index (χ0n) is 14.7. The number of amides is 1. The Bertz CT molecular complexity index is 621. The number of hydrogen-bond acceptors (Lipinski definition) is 5. The maximum atomic E-state index is 14.1. The zero-order chi connectivity index (χ0) is 18.1. The van der Waals surface area contributed by atoms with Crippen LogP contribution in [0.4, 0.5) is 20.7 Å². The number of nitrogens with one attached hydrogen (secondary N) is 1. The SMILES string of the molecule is C[C@H]1CN(C)CCN1c1cc(NC(=O)OC(C)(C)C)c(Cl)c(F)n1. The molecule has 1 aliphatic rings. The molecule has 0 unspecified atom stereocenters. The average molecular weight is 359 g/mol. The van der Waals surface area contributed by atoms with E-state index in [1.165, 1.54) is 0 Å². The van der Waals surface area contributed by atoms with Crippen LogP contribution in [-0.4, -0.2) is 54.3 Å². The molecule has 1 N–H and O–H groups in total. The van der Waals surface area contributed by atoms with Gasteiger partial charge < -0.3 is 14.5 Å². The predicted octanol–water partition coefficient (Wildman–Crippen LogP) is 3.36. The lowest BCUT2D eigenvalue weighted by atomic mass is 10.2. The quantitative estimate of drug-likeness (QED) is 0.821. The Balaban J connectivity index is 2.23. The van der Waals surface area contributed by atoms with E-state index in [0.29, 0.717) is 5.82 Å². The average Bonchev–Trinajstić information content (AvgIpc) is 2.41. The summed E-state index contributed by atoms with van der Waals surface area (Å²) in [6.07, 6.45) is -0.688. The van der Waals surface area contributed by atoms with Gasteiger partial charge in [-0.2, -0.15) is 4.39 Å². The number of hydrogen-bond donors (Lipinski definition) is 1. The van der Waals surface area contributed by atoms with E-state index in [0.717, 1.165) is 19.6 Å². The number of ether oxygens (including phenoxy) is 1. The fraction of sp³-hybridized carbons (Fsp3) is 0.625. The van der Waals surface area contributed by atoms with E-state index >= 15 is 0 Å². The summed E-state index contributed by atoms with van der Waals surface area (Å²) in [4.78, 5) is 20.1. The monoisotopic (exact) mass is 358 g/mol. The van der Waals surface area contributed by atoms with E-state index in [1.54, 1.807) is 26.8 Å². The van der Waals surface area contributed by atoms with Gasteiger partial charge in [0.1, 0.15) is 16.4 Å². The number of nitrogens with zero attached hydrogens (tertiary/aromatic N) is 3. The molecule has 0 spiro atoms. The number of aromatic nitrogens is 1. The fourth-order valence-corrected chi connectivity index (χ4v) is 2.76. The minimum absolute atomic E-state index is 0.152. The van der Waals surface area contributed by atoms with Crippen molar-refractivity contribution in [1.82, 2.24) is 9.88 Å². The number of anilines is 2. The summed E-state index contributed by atoms with van der Waals surface area (Å²) in [5.74, 6) is -0.366. The van der Waals surface area contributed by atoms with E-state index in [2.05, 4.69) is 15.2 Å². The summed E-state index contributed by atoms with van der Waals surface area (Å²) >= 11 is 5.94. The highest BCUT2D eigenvalue weighted by atomic mass is 35.5. The number of pyridine rings is 1. The van der Waals surface area contributed by atoms with Crippen molar-refractivity contribution >= 4 is 29.2 Å². The van der Waals surface area contributed by atoms with E-state index < -0.39 is 17.6 Å². The molecule has 1 atom stereocenters. The molecule has 24 heavy (non-hydrogen) atoms. The Labute approximate surface area is 146 Å². The molecule has 1 aromatic rings. The van der Waals surface area contributed by atoms with Gasteiger partial charge in [-0.3, -0.25) is 5.32 Å². The molecular formula is C16H24ClFN4O2. The van der Waals surface area contributed by atoms with Crippen LogP contribution in [0.2, 0.25) is 5.02 Å². The van der Waals surface area contributed by atoms with E-state index in [-0.39, 0.29) is 16.8 Å². The Morgan fingerprint density at radius 3 is 2.71 bits per heavy atom. The molecule has 1 fully saturated rings. The molecule has 0 saturated carbocycles. The number of rotatable bonds is 2. The Kier molecular flexibility index (Phi) is 5.55. The maximum absolute atomic E-state index is 14.1. The van der Waals surface area contributed by atoms with Gasteiger partial charge in [0.25, 0.3) is 0 Å². The van der Waals surface area contributed by atoms with Gasteiger partial charge in [0.15, 0.2) is 0 Å². The molecular weight excluding hydrogens is 335 g/mol. The summed E-state index contributed by atoms with van der Waals surface area (Å²) in [6, 6.07) is 1.75. The minimum Gasteiger partial charge on any atom is -0.444 e. The van der Waals surface area contributed by atoms with Crippen molar-refractivity contribution in [2.24, 2.45) is 0 Å². The Morgan fingerprint density at radius 2 is 2.12 bits per heavy atom. The molecule has 1 aliphatic heterocycles. The summed E-state index contributed by atoms with van der Waals surface area (Å²) in [5, 5.41) is 2.27. The van der Waals surface area contributed by atoms with Gasteiger partial charge in [0.05, 0.1) is 5.69 Å². The van der Waals surface area contributed by atoms with Crippen molar-refractivity contribution < 1.29 is 13.9 Å². The molecule has 6 nitrogen and oxygen atoms in total. The topological polar surface area (TPSA) is 57.7 Å². The number of likely N-dealkylation sites (N-methyl/N-ethyl adjacent to an activating group) is 1. The third kappa shape index (κ3) is 4.70. The van der Waals surface area contributed by atoms with Crippen LogP contribution in [-0.2, 0) is 4.74 Å². The van der Waals surface area contributed by atoms with Crippen LogP contribution in [0.1, 0.15) is 27.7 Å². The standard InChI is InChI=1S/C16H24ClFN4O2/c1-10-9-21(5)6-7-22(10)12-8-11(13(17)14(18)20-12)19-15(23)24-16(2,3)4/h8,10H,6-7,9H2,1-5H3,(H,19,20,23)/t10-/m0/s1. The van der Waals surface area contributed by atoms with Gasteiger partial charge in [-0.05, 0) is 34.7 Å². The molecule has 134 valence electrons. The first kappa shape index (κ1) is 18.7. The summed E-state index contributed by atoms with van der Waals surface area (Å²) in [7, 11) is 2.04. The summed E-state index contributed by atoms with van der Waals surface area (Å²) in [5.41, 5.74) is -0.503. The smallest absolute Gasteiger partial charge is 0.412 e. The number of carbonyl (C=O) groups is 1. The van der Waals surface area contributed by atoms with E-state index in [4.69, 9.17) is 16.3 Å². The van der Waals surface area contributed by atoms with Crippen molar-refractivity contribution in [3.05, 3.63) is 17.0 Å². The second kappa shape index (κ2) is 7.11. The van der Waals surface area contributed by atoms with Crippen LogP contribution in [0.3, 0.4) is 0 Å². The normalized spacial score (nSPS) is 19.3. The molecule has 0 radical (unpaired) electrons. The molecule has 1 amide bonds. The Hall–Kier alpha value is -1.60. The van der Waals surface area contributed by atoms with Crippen LogP contribution < -0.4 is 10.2 Å².